The van der Waals surface area contributed by atoms with E-state index in [-0.39, 0.29) is 10.6 Å². The number of hydrogen-bond acceptors (Lipinski definition) is 5. The summed E-state index contributed by atoms with van der Waals surface area (Å²) in [5.41, 5.74) is 0.0636. The summed E-state index contributed by atoms with van der Waals surface area (Å²) in [6, 6.07) is 3.66. The fraction of sp³-hybridized carbons (Fsp3) is 0.333. The number of sulfonamides is 1. The van der Waals surface area contributed by atoms with E-state index in [1.165, 1.54) is 26.2 Å². The third kappa shape index (κ3) is 2.53. The predicted molar refractivity (Wildman–Crippen MR) is 63.5 cm³/mol. The first-order valence-electron chi connectivity index (χ1n) is 4.69. The summed E-state index contributed by atoms with van der Waals surface area (Å²) in [5, 5.41) is 13.3. The van der Waals surface area contributed by atoms with Crippen LogP contribution in [0.4, 0.5) is 11.4 Å². The monoisotopic (exact) mass is 259 g/mol. The van der Waals surface area contributed by atoms with Gasteiger partial charge in [-0.25, -0.2) is 12.7 Å². The third-order valence-corrected chi connectivity index (χ3v) is 4.06. The summed E-state index contributed by atoms with van der Waals surface area (Å²) in [4.78, 5) is 9.88. The number of rotatable bonds is 4. The SMILES string of the molecule is CNc1ccc([N+](=O)[O-])cc1S(=O)(=O)N(C)C. The van der Waals surface area contributed by atoms with E-state index in [2.05, 4.69) is 5.32 Å². The van der Waals surface area contributed by atoms with Crippen LogP contribution in [0.1, 0.15) is 0 Å². The average Bonchev–Trinajstić information content (AvgIpc) is 2.27. The van der Waals surface area contributed by atoms with Crippen molar-refractivity contribution in [2.75, 3.05) is 26.5 Å². The van der Waals surface area contributed by atoms with E-state index in [0.717, 1.165) is 10.4 Å². The normalized spacial score (nSPS) is 11.5. The van der Waals surface area contributed by atoms with Crippen LogP contribution >= 0.6 is 0 Å². The lowest BCUT2D eigenvalue weighted by atomic mass is 10.3. The largest absolute Gasteiger partial charge is 0.387 e. The van der Waals surface area contributed by atoms with Gasteiger partial charge in [-0.1, -0.05) is 0 Å². The molecule has 94 valence electrons. The molecule has 0 amide bonds. The van der Waals surface area contributed by atoms with E-state index in [9.17, 15) is 18.5 Å². The standard InChI is InChI=1S/C9H13N3O4S/c1-10-8-5-4-7(12(13)14)6-9(8)17(15,16)11(2)3/h4-6,10H,1-3H3. The molecule has 0 unspecified atom stereocenters. The second kappa shape index (κ2) is 4.68. The van der Waals surface area contributed by atoms with Crippen molar-refractivity contribution in [3.05, 3.63) is 28.3 Å². The van der Waals surface area contributed by atoms with E-state index in [0.29, 0.717) is 5.69 Å². The maximum absolute atomic E-state index is 11.9. The molecular weight excluding hydrogens is 246 g/mol. The molecule has 0 radical (unpaired) electrons. The Labute approximate surface area is 99.2 Å². The highest BCUT2D eigenvalue weighted by atomic mass is 32.2. The summed E-state index contributed by atoms with van der Waals surface area (Å²) < 4.78 is 24.9. The van der Waals surface area contributed by atoms with Gasteiger partial charge in [0, 0.05) is 33.3 Å². The Morgan fingerprint density at radius 1 is 1.35 bits per heavy atom. The number of nitrogens with zero attached hydrogens (tertiary/aromatic N) is 2. The summed E-state index contributed by atoms with van der Waals surface area (Å²) in [7, 11) is 0.579. The van der Waals surface area contributed by atoms with E-state index in [1.54, 1.807) is 7.05 Å². The molecule has 17 heavy (non-hydrogen) atoms. The van der Waals surface area contributed by atoms with Gasteiger partial charge in [-0.05, 0) is 6.07 Å². The zero-order chi connectivity index (χ0) is 13.2. The van der Waals surface area contributed by atoms with Gasteiger partial charge in [-0.15, -0.1) is 0 Å². The quantitative estimate of drug-likeness (QED) is 0.640. The smallest absolute Gasteiger partial charge is 0.270 e. The summed E-state index contributed by atoms with van der Waals surface area (Å²) in [6.07, 6.45) is 0. The van der Waals surface area contributed by atoms with Crippen molar-refractivity contribution in [2.24, 2.45) is 0 Å². The van der Waals surface area contributed by atoms with Crippen molar-refractivity contribution in [3.8, 4) is 0 Å². The molecule has 8 heteroatoms. The molecule has 1 N–H and O–H groups in total. The molecule has 0 aliphatic heterocycles. The van der Waals surface area contributed by atoms with Gasteiger partial charge in [0.25, 0.3) is 5.69 Å². The molecular formula is C9H13N3O4S. The number of non-ortho nitro benzene ring substituents is 1. The van der Waals surface area contributed by atoms with Crippen molar-refractivity contribution in [2.45, 2.75) is 4.90 Å². The van der Waals surface area contributed by atoms with E-state index >= 15 is 0 Å². The zero-order valence-corrected chi connectivity index (χ0v) is 10.5. The minimum Gasteiger partial charge on any atom is -0.387 e. The van der Waals surface area contributed by atoms with Crippen molar-refractivity contribution in [3.63, 3.8) is 0 Å². The minimum absolute atomic E-state index is 0.112. The highest BCUT2D eigenvalue weighted by Gasteiger charge is 2.23. The van der Waals surface area contributed by atoms with Crippen LogP contribution in [0.2, 0.25) is 0 Å². The maximum atomic E-state index is 11.9. The Morgan fingerprint density at radius 2 is 1.94 bits per heavy atom. The number of hydrogen-bond donors (Lipinski definition) is 1. The minimum atomic E-state index is -3.71. The van der Waals surface area contributed by atoms with Gasteiger partial charge in [0.05, 0.1) is 10.6 Å². The van der Waals surface area contributed by atoms with E-state index in [4.69, 9.17) is 0 Å². The Hall–Kier alpha value is -1.67. The fourth-order valence-corrected chi connectivity index (χ4v) is 2.35. The van der Waals surface area contributed by atoms with Gasteiger partial charge < -0.3 is 5.32 Å². The number of nitro groups is 1. The molecule has 0 fully saturated rings. The second-order valence-corrected chi connectivity index (χ2v) is 5.60. The van der Waals surface area contributed by atoms with Crippen LogP contribution in [0.25, 0.3) is 0 Å². The Morgan fingerprint density at radius 3 is 2.35 bits per heavy atom. The van der Waals surface area contributed by atoms with Crippen LogP contribution in [-0.4, -0.2) is 38.8 Å². The summed E-state index contributed by atoms with van der Waals surface area (Å²) >= 11 is 0. The van der Waals surface area contributed by atoms with Crippen LogP contribution < -0.4 is 5.32 Å². The van der Waals surface area contributed by atoms with Crippen LogP contribution in [0.5, 0.6) is 0 Å². The van der Waals surface area contributed by atoms with E-state index in [1.807, 2.05) is 0 Å². The first kappa shape index (κ1) is 13.4. The fourth-order valence-electron chi connectivity index (χ4n) is 1.24. The Balaban J connectivity index is 3.49. The number of nitrogens with one attached hydrogen (secondary N) is 1. The molecule has 1 aromatic rings. The summed E-state index contributed by atoms with van der Waals surface area (Å²) in [5.74, 6) is 0. The lowest BCUT2D eigenvalue weighted by molar-refractivity contribution is -0.385. The van der Waals surface area contributed by atoms with Gasteiger partial charge in [-0.2, -0.15) is 0 Å². The number of benzene rings is 1. The first-order chi connectivity index (χ1) is 7.80. The molecule has 0 bridgehead atoms. The van der Waals surface area contributed by atoms with Crippen LogP contribution in [0, 0.1) is 10.1 Å². The molecule has 7 nitrogen and oxygen atoms in total. The molecule has 0 saturated carbocycles. The molecule has 1 aromatic carbocycles. The predicted octanol–water partition coefficient (Wildman–Crippen LogP) is 0.887. The van der Waals surface area contributed by atoms with Crippen LogP contribution in [0.15, 0.2) is 23.1 Å². The lowest BCUT2D eigenvalue weighted by Crippen LogP contribution is -2.23. The van der Waals surface area contributed by atoms with Crippen molar-refractivity contribution >= 4 is 21.4 Å². The van der Waals surface area contributed by atoms with Gasteiger partial charge in [0.15, 0.2) is 0 Å². The lowest BCUT2D eigenvalue weighted by Gasteiger charge is -2.14. The van der Waals surface area contributed by atoms with Crippen LogP contribution in [-0.2, 0) is 10.0 Å². The second-order valence-electron chi connectivity index (χ2n) is 3.48. The molecule has 0 saturated heterocycles. The van der Waals surface area contributed by atoms with Crippen molar-refractivity contribution in [1.29, 1.82) is 0 Å². The van der Waals surface area contributed by atoms with Gasteiger partial charge in [0.2, 0.25) is 10.0 Å². The molecule has 0 heterocycles. The zero-order valence-electron chi connectivity index (χ0n) is 9.67. The van der Waals surface area contributed by atoms with Gasteiger partial charge in [0.1, 0.15) is 4.90 Å². The van der Waals surface area contributed by atoms with Gasteiger partial charge >= 0.3 is 0 Å². The highest BCUT2D eigenvalue weighted by molar-refractivity contribution is 7.89. The number of anilines is 1. The summed E-state index contributed by atoms with van der Waals surface area (Å²) in [6.45, 7) is 0. The third-order valence-electron chi connectivity index (χ3n) is 2.20. The molecule has 1 rings (SSSR count). The topological polar surface area (TPSA) is 92.5 Å². The molecule has 0 aliphatic carbocycles. The molecule has 0 aliphatic rings. The number of nitro benzene ring substituents is 1. The van der Waals surface area contributed by atoms with Crippen molar-refractivity contribution < 1.29 is 13.3 Å². The van der Waals surface area contributed by atoms with E-state index < -0.39 is 14.9 Å². The first-order valence-corrected chi connectivity index (χ1v) is 6.13. The molecule has 0 spiro atoms. The Bertz CT molecular complexity index is 539. The van der Waals surface area contributed by atoms with Gasteiger partial charge in [-0.3, -0.25) is 10.1 Å². The molecule has 0 atom stereocenters. The average molecular weight is 259 g/mol. The Kier molecular flexibility index (Phi) is 3.69. The molecule has 0 aromatic heterocycles. The van der Waals surface area contributed by atoms with Crippen LogP contribution in [0.3, 0.4) is 0 Å². The highest BCUT2D eigenvalue weighted by Crippen LogP contribution is 2.27. The van der Waals surface area contributed by atoms with Crippen molar-refractivity contribution in [1.82, 2.24) is 4.31 Å². The maximum Gasteiger partial charge on any atom is 0.270 e.